The van der Waals surface area contributed by atoms with E-state index in [0.29, 0.717) is 13.0 Å². The SMILES string of the molecule is C#CCCCn1occc1=O. The summed E-state index contributed by atoms with van der Waals surface area (Å²) in [6.07, 6.45) is 7.87. The maximum absolute atomic E-state index is 10.8. The standard InChI is InChI=1S/C8H9NO2/c1-2-3-4-6-9-8(10)5-7-11-9/h1,5,7H,3-4,6H2. The van der Waals surface area contributed by atoms with Gasteiger partial charge in [-0.1, -0.05) is 0 Å². The molecule has 0 aliphatic rings. The van der Waals surface area contributed by atoms with Gasteiger partial charge in [-0.05, 0) is 6.42 Å². The van der Waals surface area contributed by atoms with Gasteiger partial charge >= 0.3 is 0 Å². The molecule has 0 bridgehead atoms. The lowest BCUT2D eigenvalue weighted by atomic mass is 10.3. The summed E-state index contributed by atoms with van der Waals surface area (Å²) in [6.45, 7) is 0.566. The lowest BCUT2D eigenvalue weighted by Crippen LogP contribution is -2.12. The number of nitrogens with zero attached hydrogens (tertiary/aromatic N) is 1. The van der Waals surface area contributed by atoms with Crippen LogP contribution in [0.25, 0.3) is 0 Å². The molecule has 0 radical (unpaired) electrons. The number of hydrogen-bond acceptors (Lipinski definition) is 2. The van der Waals surface area contributed by atoms with Crippen LogP contribution < -0.4 is 5.56 Å². The zero-order chi connectivity index (χ0) is 8.10. The van der Waals surface area contributed by atoms with Gasteiger partial charge in [-0.25, -0.2) is 0 Å². The Bertz CT molecular complexity index is 302. The first-order valence-electron chi connectivity index (χ1n) is 3.43. The molecule has 0 amide bonds. The minimum atomic E-state index is -0.109. The first kappa shape index (κ1) is 7.67. The molecule has 0 fully saturated rings. The molecule has 0 spiro atoms. The summed E-state index contributed by atoms with van der Waals surface area (Å²) < 4.78 is 6.14. The van der Waals surface area contributed by atoms with Crippen molar-refractivity contribution in [1.29, 1.82) is 0 Å². The summed E-state index contributed by atoms with van der Waals surface area (Å²) in [5, 5.41) is 0. The fourth-order valence-electron chi connectivity index (χ4n) is 0.785. The smallest absolute Gasteiger partial charge is 0.282 e. The molecule has 0 N–H and O–H groups in total. The van der Waals surface area contributed by atoms with Crippen molar-refractivity contribution in [1.82, 2.24) is 4.74 Å². The number of aryl methyl sites for hydroxylation is 1. The quantitative estimate of drug-likeness (QED) is 0.474. The molecule has 3 heteroatoms. The van der Waals surface area contributed by atoms with Gasteiger partial charge in [-0.15, -0.1) is 12.3 Å². The highest BCUT2D eigenvalue weighted by Gasteiger charge is 1.95. The normalized spacial score (nSPS) is 9.36. The molecule has 0 atom stereocenters. The predicted molar refractivity (Wildman–Crippen MR) is 41.0 cm³/mol. The van der Waals surface area contributed by atoms with Gasteiger partial charge in [-0.3, -0.25) is 4.79 Å². The molecule has 0 aromatic carbocycles. The molecule has 0 aliphatic heterocycles. The fourth-order valence-corrected chi connectivity index (χ4v) is 0.785. The Hall–Kier alpha value is -1.43. The van der Waals surface area contributed by atoms with Gasteiger partial charge in [0.15, 0.2) is 0 Å². The number of aromatic nitrogens is 1. The Morgan fingerprint density at radius 3 is 3.09 bits per heavy atom. The minimum absolute atomic E-state index is 0.109. The molecule has 1 rings (SSSR count). The van der Waals surface area contributed by atoms with Crippen LogP contribution in [0.4, 0.5) is 0 Å². The second kappa shape index (κ2) is 3.67. The van der Waals surface area contributed by atoms with Crippen LogP contribution >= 0.6 is 0 Å². The maximum atomic E-state index is 10.8. The molecular weight excluding hydrogens is 142 g/mol. The zero-order valence-electron chi connectivity index (χ0n) is 6.12. The first-order chi connectivity index (χ1) is 5.34. The molecule has 3 nitrogen and oxygen atoms in total. The van der Waals surface area contributed by atoms with Crippen molar-refractivity contribution in [3.05, 3.63) is 22.7 Å². The van der Waals surface area contributed by atoms with Gasteiger partial charge in [0.1, 0.15) is 6.26 Å². The monoisotopic (exact) mass is 151 g/mol. The minimum Gasteiger partial charge on any atom is -0.384 e. The van der Waals surface area contributed by atoms with Crippen molar-refractivity contribution >= 4 is 0 Å². The lowest BCUT2D eigenvalue weighted by molar-refractivity contribution is 0.257. The average Bonchev–Trinajstić information content (AvgIpc) is 2.37. The van der Waals surface area contributed by atoms with E-state index >= 15 is 0 Å². The van der Waals surface area contributed by atoms with E-state index in [1.807, 2.05) is 0 Å². The predicted octanol–water partition coefficient (Wildman–Crippen LogP) is 0.855. The molecule has 0 saturated heterocycles. The molecule has 1 heterocycles. The van der Waals surface area contributed by atoms with Crippen LogP contribution in [0.1, 0.15) is 12.8 Å². The average molecular weight is 151 g/mol. The van der Waals surface area contributed by atoms with Gasteiger partial charge < -0.3 is 4.52 Å². The Kier molecular flexibility index (Phi) is 2.56. The van der Waals surface area contributed by atoms with E-state index in [4.69, 9.17) is 10.9 Å². The summed E-state index contributed by atoms with van der Waals surface area (Å²) in [5.74, 6) is 2.49. The van der Waals surface area contributed by atoms with Crippen molar-refractivity contribution in [2.45, 2.75) is 19.4 Å². The zero-order valence-corrected chi connectivity index (χ0v) is 6.12. The molecule has 1 aromatic heterocycles. The number of unbranched alkanes of at least 4 members (excludes halogenated alkanes) is 1. The highest BCUT2D eigenvalue weighted by atomic mass is 16.5. The van der Waals surface area contributed by atoms with Crippen LogP contribution in [0, 0.1) is 12.3 Å². The number of hydrogen-bond donors (Lipinski definition) is 0. The van der Waals surface area contributed by atoms with Crippen molar-refractivity contribution in [2.24, 2.45) is 0 Å². The van der Waals surface area contributed by atoms with Crippen molar-refractivity contribution in [3.63, 3.8) is 0 Å². The first-order valence-corrected chi connectivity index (χ1v) is 3.43. The third-order valence-electron chi connectivity index (χ3n) is 1.33. The van der Waals surface area contributed by atoms with Gasteiger partial charge in [0.05, 0.1) is 6.54 Å². The Labute approximate surface area is 64.6 Å². The summed E-state index contributed by atoms with van der Waals surface area (Å²) >= 11 is 0. The maximum Gasteiger partial charge on any atom is 0.282 e. The van der Waals surface area contributed by atoms with E-state index in [1.165, 1.54) is 17.1 Å². The van der Waals surface area contributed by atoms with Crippen molar-refractivity contribution in [2.75, 3.05) is 0 Å². The molecule has 0 aliphatic carbocycles. The van der Waals surface area contributed by atoms with E-state index in [2.05, 4.69) is 5.92 Å². The highest BCUT2D eigenvalue weighted by molar-refractivity contribution is 4.83. The molecular formula is C8H9NO2. The van der Waals surface area contributed by atoms with E-state index < -0.39 is 0 Å². The van der Waals surface area contributed by atoms with E-state index in [0.717, 1.165) is 6.42 Å². The highest BCUT2D eigenvalue weighted by Crippen LogP contribution is 1.90. The van der Waals surface area contributed by atoms with Crippen LogP contribution in [-0.2, 0) is 6.54 Å². The lowest BCUT2D eigenvalue weighted by Gasteiger charge is -1.94. The third kappa shape index (κ3) is 2.01. The Balaban J connectivity index is 2.46. The van der Waals surface area contributed by atoms with E-state index in [-0.39, 0.29) is 5.56 Å². The van der Waals surface area contributed by atoms with Crippen molar-refractivity contribution < 1.29 is 4.52 Å². The molecule has 58 valence electrons. The summed E-state index contributed by atoms with van der Waals surface area (Å²) in [7, 11) is 0. The number of terminal acetylenes is 1. The molecule has 1 aromatic rings. The largest absolute Gasteiger partial charge is 0.384 e. The summed E-state index contributed by atoms with van der Waals surface area (Å²) in [4.78, 5) is 10.8. The topological polar surface area (TPSA) is 35.1 Å². The van der Waals surface area contributed by atoms with Crippen molar-refractivity contribution in [3.8, 4) is 12.3 Å². The number of rotatable bonds is 3. The van der Waals surface area contributed by atoms with Gasteiger partial charge in [-0.2, -0.15) is 4.74 Å². The van der Waals surface area contributed by atoms with Crippen LogP contribution in [0.3, 0.4) is 0 Å². The van der Waals surface area contributed by atoms with Crippen LogP contribution in [0.2, 0.25) is 0 Å². The van der Waals surface area contributed by atoms with Crippen LogP contribution in [-0.4, -0.2) is 4.74 Å². The summed E-state index contributed by atoms with van der Waals surface area (Å²) in [6, 6.07) is 1.38. The van der Waals surface area contributed by atoms with E-state index in [9.17, 15) is 4.79 Å². The van der Waals surface area contributed by atoms with Crippen LogP contribution in [0.5, 0.6) is 0 Å². The molecule has 0 saturated carbocycles. The van der Waals surface area contributed by atoms with Gasteiger partial charge in [0.2, 0.25) is 0 Å². The van der Waals surface area contributed by atoms with Gasteiger partial charge in [0, 0.05) is 12.5 Å². The second-order valence-corrected chi connectivity index (χ2v) is 2.16. The molecule has 0 unspecified atom stereocenters. The fraction of sp³-hybridized carbons (Fsp3) is 0.375. The Morgan fingerprint density at radius 2 is 2.55 bits per heavy atom. The second-order valence-electron chi connectivity index (χ2n) is 2.16. The molecule has 11 heavy (non-hydrogen) atoms. The van der Waals surface area contributed by atoms with Gasteiger partial charge in [0.25, 0.3) is 5.56 Å². The third-order valence-corrected chi connectivity index (χ3v) is 1.33. The summed E-state index contributed by atoms with van der Waals surface area (Å²) in [5.41, 5.74) is -0.109. The van der Waals surface area contributed by atoms with Crippen LogP contribution in [0.15, 0.2) is 21.6 Å². The van der Waals surface area contributed by atoms with E-state index in [1.54, 1.807) is 0 Å². The Morgan fingerprint density at radius 1 is 1.73 bits per heavy atom.